The Labute approximate surface area is 144 Å². The molecular weight excluding hydrogens is 320 g/mol. The number of amides is 1. The number of aryl methyl sites for hydroxylation is 1. The summed E-state index contributed by atoms with van der Waals surface area (Å²) in [6, 6.07) is 6.67. The van der Waals surface area contributed by atoms with Crippen LogP contribution in [0, 0.1) is 5.92 Å². The molecule has 0 bridgehead atoms. The molecular formula is C18H18N4O3. The highest BCUT2D eigenvalue weighted by Gasteiger charge is 2.18. The minimum atomic E-state index is -1.03. The zero-order valence-electron chi connectivity index (χ0n) is 13.9. The van der Waals surface area contributed by atoms with Gasteiger partial charge in [0.2, 0.25) is 5.91 Å². The van der Waals surface area contributed by atoms with Gasteiger partial charge in [0.15, 0.2) is 0 Å². The Balaban J connectivity index is 1.85. The predicted molar refractivity (Wildman–Crippen MR) is 93.4 cm³/mol. The number of benzene rings is 1. The molecule has 7 heteroatoms. The number of nitrogens with one attached hydrogen (secondary N) is 1. The Bertz CT molecular complexity index is 948. The van der Waals surface area contributed by atoms with Crippen molar-refractivity contribution >= 4 is 28.3 Å². The number of hydrogen-bond acceptors (Lipinski definition) is 4. The maximum Gasteiger partial charge on any atom is 0.336 e. The van der Waals surface area contributed by atoms with E-state index < -0.39 is 5.97 Å². The zero-order chi connectivity index (χ0) is 18.0. The van der Waals surface area contributed by atoms with Crippen LogP contribution in [0.3, 0.4) is 0 Å². The number of pyridine rings is 1. The highest BCUT2D eigenvalue weighted by Crippen LogP contribution is 2.26. The highest BCUT2D eigenvalue weighted by molar-refractivity contribution is 6.10. The van der Waals surface area contributed by atoms with E-state index in [-0.39, 0.29) is 17.4 Å². The van der Waals surface area contributed by atoms with E-state index in [1.807, 2.05) is 20.0 Å². The van der Waals surface area contributed by atoms with E-state index in [0.29, 0.717) is 22.9 Å². The number of aromatic nitrogens is 3. The fraction of sp³-hybridized carbons (Fsp3) is 0.222. The Morgan fingerprint density at radius 1 is 1.20 bits per heavy atom. The average Bonchev–Trinajstić information content (AvgIpc) is 2.99. The maximum absolute atomic E-state index is 12.5. The van der Waals surface area contributed by atoms with Gasteiger partial charge in [0.25, 0.3) is 0 Å². The first-order chi connectivity index (χ1) is 12.0. The molecule has 2 heterocycles. The van der Waals surface area contributed by atoms with Crippen LogP contribution in [0.1, 0.15) is 23.0 Å². The van der Waals surface area contributed by atoms with E-state index in [1.54, 1.807) is 29.2 Å². The van der Waals surface area contributed by atoms with Crippen LogP contribution in [0.25, 0.3) is 10.8 Å². The summed E-state index contributed by atoms with van der Waals surface area (Å²) in [6.07, 6.45) is 5.33. The molecule has 1 amide bonds. The van der Waals surface area contributed by atoms with Crippen LogP contribution < -0.4 is 5.32 Å². The molecule has 0 aliphatic rings. The van der Waals surface area contributed by atoms with E-state index in [1.165, 1.54) is 12.3 Å². The molecule has 1 unspecified atom stereocenters. The van der Waals surface area contributed by atoms with Gasteiger partial charge in [0, 0.05) is 60.1 Å². The molecule has 2 aromatic heterocycles. The third-order valence-electron chi connectivity index (χ3n) is 4.19. The van der Waals surface area contributed by atoms with Gasteiger partial charge in [-0.3, -0.25) is 14.5 Å². The average molecular weight is 338 g/mol. The van der Waals surface area contributed by atoms with Crippen LogP contribution in [0.2, 0.25) is 0 Å². The minimum Gasteiger partial charge on any atom is -0.478 e. The van der Waals surface area contributed by atoms with Crippen molar-refractivity contribution in [3.8, 4) is 0 Å². The van der Waals surface area contributed by atoms with Crippen molar-refractivity contribution in [2.24, 2.45) is 13.0 Å². The third-order valence-corrected chi connectivity index (χ3v) is 4.19. The molecule has 0 aliphatic carbocycles. The van der Waals surface area contributed by atoms with E-state index in [0.717, 1.165) is 5.69 Å². The van der Waals surface area contributed by atoms with Crippen molar-refractivity contribution in [3.63, 3.8) is 0 Å². The summed E-state index contributed by atoms with van der Waals surface area (Å²) in [5, 5.41) is 17.4. The fourth-order valence-corrected chi connectivity index (χ4v) is 2.75. The molecule has 1 aromatic carbocycles. The van der Waals surface area contributed by atoms with Crippen molar-refractivity contribution in [3.05, 3.63) is 54.1 Å². The third kappa shape index (κ3) is 3.35. The lowest BCUT2D eigenvalue weighted by Gasteiger charge is -2.14. The van der Waals surface area contributed by atoms with Crippen LogP contribution in [0.4, 0.5) is 5.69 Å². The van der Waals surface area contributed by atoms with Gasteiger partial charge in [-0.05, 0) is 24.3 Å². The second-order valence-electron chi connectivity index (χ2n) is 5.93. The number of carboxylic acids is 1. The first-order valence-corrected chi connectivity index (χ1v) is 7.85. The van der Waals surface area contributed by atoms with Gasteiger partial charge in [0.1, 0.15) is 0 Å². The number of rotatable bonds is 5. The number of fused-ring (bicyclic) bond motifs is 1. The van der Waals surface area contributed by atoms with E-state index in [2.05, 4.69) is 15.4 Å². The molecule has 0 saturated heterocycles. The Hall–Kier alpha value is -3.22. The Morgan fingerprint density at radius 2 is 2.00 bits per heavy atom. The number of anilines is 1. The van der Waals surface area contributed by atoms with Gasteiger partial charge in [-0.2, -0.15) is 5.10 Å². The van der Waals surface area contributed by atoms with Crippen LogP contribution in [-0.4, -0.2) is 31.7 Å². The summed E-state index contributed by atoms with van der Waals surface area (Å²) < 4.78 is 1.74. The monoisotopic (exact) mass is 338 g/mol. The van der Waals surface area contributed by atoms with Crippen LogP contribution in [-0.2, 0) is 18.3 Å². The van der Waals surface area contributed by atoms with Gasteiger partial charge in [0.05, 0.1) is 5.56 Å². The smallest absolute Gasteiger partial charge is 0.336 e. The molecule has 0 saturated carbocycles. The maximum atomic E-state index is 12.5. The SMILES string of the molecule is CC(Cc1ccnn1C)C(=O)Nc1ccc(C(=O)O)c2cnccc12. The first-order valence-electron chi connectivity index (χ1n) is 7.85. The van der Waals surface area contributed by atoms with Gasteiger partial charge in [-0.1, -0.05) is 6.92 Å². The predicted octanol–water partition coefficient (Wildman–Crippen LogP) is 2.48. The minimum absolute atomic E-state index is 0.137. The van der Waals surface area contributed by atoms with Crippen molar-refractivity contribution in [2.45, 2.75) is 13.3 Å². The normalized spacial score (nSPS) is 12.1. The molecule has 1 atom stereocenters. The lowest BCUT2D eigenvalue weighted by atomic mass is 10.0. The largest absolute Gasteiger partial charge is 0.478 e. The molecule has 0 fully saturated rings. The Morgan fingerprint density at radius 3 is 2.68 bits per heavy atom. The molecule has 3 rings (SSSR count). The Kier molecular flexibility index (Phi) is 4.47. The lowest BCUT2D eigenvalue weighted by molar-refractivity contribution is -0.119. The number of nitrogens with zero attached hydrogens (tertiary/aromatic N) is 3. The fourth-order valence-electron chi connectivity index (χ4n) is 2.75. The van der Waals surface area contributed by atoms with E-state index in [9.17, 15) is 14.7 Å². The van der Waals surface area contributed by atoms with Crippen LogP contribution >= 0.6 is 0 Å². The van der Waals surface area contributed by atoms with Gasteiger partial charge in [-0.15, -0.1) is 0 Å². The summed E-state index contributed by atoms with van der Waals surface area (Å²) >= 11 is 0. The topological polar surface area (TPSA) is 97.1 Å². The number of carbonyl (C=O) groups excluding carboxylic acids is 1. The quantitative estimate of drug-likeness (QED) is 0.745. The summed E-state index contributed by atoms with van der Waals surface area (Å²) in [5.74, 6) is -1.42. The second-order valence-corrected chi connectivity index (χ2v) is 5.93. The number of carbonyl (C=O) groups is 2. The van der Waals surface area contributed by atoms with Crippen molar-refractivity contribution < 1.29 is 14.7 Å². The molecule has 7 nitrogen and oxygen atoms in total. The molecule has 0 aliphatic heterocycles. The van der Waals surface area contributed by atoms with Crippen LogP contribution in [0.15, 0.2) is 42.9 Å². The molecule has 0 spiro atoms. The summed E-state index contributed by atoms with van der Waals surface area (Å²) in [5.41, 5.74) is 1.70. The zero-order valence-corrected chi connectivity index (χ0v) is 13.9. The molecule has 25 heavy (non-hydrogen) atoms. The summed E-state index contributed by atoms with van der Waals surface area (Å²) in [7, 11) is 1.84. The summed E-state index contributed by atoms with van der Waals surface area (Å²) in [6.45, 7) is 1.84. The number of aromatic carboxylic acids is 1. The lowest BCUT2D eigenvalue weighted by Crippen LogP contribution is -2.23. The molecule has 2 N–H and O–H groups in total. The van der Waals surface area contributed by atoms with Gasteiger partial charge < -0.3 is 10.4 Å². The second kappa shape index (κ2) is 6.72. The molecule has 0 radical (unpaired) electrons. The van der Waals surface area contributed by atoms with Gasteiger partial charge in [-0.25, -0.2) is 4.79 Å². The van der Waals surface area contributed by atoms with Crippen molar-refractivity contribution in [2.75, 3.05) is 5.32 Å². The van der Waals surface area contributed by atoms with Gasteiger partial charge >= 0.3 is 5.97 Å². The molecule has 3 aromatic rings. The van der Waals surface area contributed by atoms with Crippen molar-refractivity contribution in [1.82, 2.24) is 14.8 Å². The van der Waals surface area contributed by atoms with E-state index in [4.69, 9.17) is 0 Å². The first kappa shape index (κ1) is 16.6. The number of hydrogen-bond donors (Lipinski definition) is 2. The van der Waals surface area contributed by atoms with E-state index >= 15 is 0 Å². The number of carboxylic acid groups (broad SMARTS) is 1. The summed E-state index contributed by atoms with van der Waals surface area (Å²) in [4.78, 5) is 27.9. The van der Waals surface area contributed by atoms with Crippen molar-refractivity contribution in [1.29, 1.82) is 0 Å². The standard InChI is InChI=1S/C18H18N4O3/c1-11(9-12-5-8-20-22(12)2)17(23)21-16-4-3-14(18(24)25)15-10-19-7-6-13(15)16/h3-8,10-11H,9H2,1-2H3,(H,21,23)(H,24,25). The molecule has 128 valence electrons. The van der Waals surface area contributed by atoms with Crippen LogP contribution in [0.5, 0.6) is 0 Å². The highest BCUT2D eigenvalue weighted by atomic mass is 16.4.